The fraction of sp³-hybridized carbons (Fsp3) is 0.333. The number of primary amides is 1. The second-order valence-electron chi connectivity index (χ2n) is 3.09. The van der Waals surface area contributed by atoms with Crippen LogP contribution in [0.3, 0.4) is 0 Å². The summed E-state index contributed by atoms with van der Waals surface area (Å²) in [6.45, 7) is -1.47. The molecule has 1 amide bonds. The Labute approximate surface area is 93.4 Å². The molecule has 94 valence electrons. The van der Waals surface area contributed by atoms with Gasteiger partial charge in [0, 0.05) is 0 Å². The van der Waals surface area contributed by atoms with Crippen molar-refractivity contribution in [2.45, 2.75) is 12.3 Å². The minimum atomic E-state index is -4.23. The predicted octanol–water partition coefficient (Wildman–Crippen LogP) is 1.46. The van der Waals surface area contributed by atoms with Crippen molar-refractivity contribution >= 4 is 5.91 Å². The molecule has 0 atom stereocenters. The number of carbonyl (C=O) groups excluding carboxylic acids is 1. The molecule has 8 heteroatoms. The summed E-state index contributed by atoms with van der Waals surface area (Å²) in [5.74, 6) is -5.19. The van der Waals surface area contributed by atoms with Gasteiger partial charge in [-0.2, -0.15) is 8.78 Å². The first-order chi connectivity index (χ1) is 7.83. The van der Waals surface area contributed by atoms with Gasteiger partial charge in [0.15, 0.2) is 6.61 Å². The molecular formula is C9H8F4N2O2. The zero-order chi connectivity index (χ0) is 13.1. The van der Waals surface area contributed by atoms with E-state index in [9.17, 15) is 22.4 Å². The molecule has 0 aliphatic heterocycles. The Morgan fingerprint density at radius 3 is 2.53 bits per heavy atom. The molecule has 0 fully saturated rings. The molecule has 0 bridgehead atoms. The number of nitrogens with two attached hydrogens (primary N) is 1. The van der Waals surface area contributed by atoms with Crippen LogP contribution in [0, 0.1) is 0 Å². The van der Waals surface area contributed by atoms with Crippen LogP contribution >= 0.6 is 0 Å². The lowest BCUT2D eigenvalue weighted by molar-refractivity contribution is -0.148. The van der Waals surface area contributed by atoms with Gasteiger partial charge in [-0.3, -0.25) is 4.79 Å². The number of hydrogen-bond acceptors (Lipinski definition) is 3. The lowest BCUT2D eigenvalue weighted by atomic mass is 10.3. The zero-order valence-electron chi connectivity index (χ0n) is 8.37. The Hall–Kier alpha value is -1.86. The van der Waals surface area contributed by atoms with Crippen LogP contribution in [0.2, 0.25) is 0 Å². The third-order valence-corrected chi connectivity index (χ3v) is 1.74. The predicted molar refractivity (Wildman–Crippen MR) is 49.2 cm³/mol. The van der Waals surface area contributed by atoms with Crippen molar-refractivity contribution in [1.82, 2.24) is 4.98 Å². The minimum Gasteiger partial charge on any atom is -0.485 e. The van der Waals surface area contributed by atoms with E-state index in [0.29, 0.717) is 0 Å². The fourth-order valence-corrected chi connectivity index (χ4v) is 0.854. The first kappa shape index (κ1) is 13.2. The molecule has 4 nitrogen and oxygen atoms in total. The van der Waals surface area contributed by atoms with Gasteiger partial charge in [0.2, 0.25) is 0 Å². The summed E-state index contributed by atoms with van der Waals surface area (Å²) in [6, 6.07) is 2.27. The van der Waals surface area contributed by atoms with Gasteiger partial charge in [0.05, 0.1) is 6.20 Å². The average molecular weight is 252 g/mol. The van der Waals surface area contributed by atoms with Gasteiger partial charge in [0.25, 0.3) is 5.91 Å². The summed E-state index contributed by atoms with van der Waals surface area (Å²) >= 11 is 0. The molecular weight excluding hydrogens is 244 g/mol. The highest BCUT2D eigenvalue weighted by molar-refractivity contribution is 5.90. The van der Waals surface area contributed by atoms with E-state index in [1.165, 1.54) is 0 Å². The molecule has 0 aliphatic carbocycles. The summed E-state index contributed by atoms with van der Waals surface area (Å²) < 4.78 is 52.9. The van der Waals surface area contributed by atoms with Crippen LogP contribution in [0.4, 0.5) is 17.6 Å². The van der Waals surface area contributed by atoms with E-state index in [1.807, 2.05) is 0 Å². The van der Waals surface area contributed by atoms with Crippen molar-refractivity contribution in [2.75, 3.05) is 6.61 Å². The smallest absolute Gasteiger partial charge is 0.340 e. The summed E-state index contributed by atoms with van der Waals surface area (Å²) in [4.78, 5) is 14.1. The van der Waals surface area contributed by atoms with Gasteiger partial charge in [-0.15, -0.1) is 0 Å². The summed E-state index contributed by atoms with van der Waals surface area (Å²) in [5, 5.41) is 0. The Bertz CT molecular complexity index is 394. The first-order valence-electron chi connectivity index (χ1n) is 4.37. The Morgan fingerprint density at radius 1 is 1.47 bits per heavy atom. The quantitative estimate of drug-likeness (QED) is 0.807. The van der Waals surface area contributed by atoms with Crippen molar-refractivity contribution in [3.8, 4) is 5.75 Å². The highest BCUT2D eigenvalue weighted by Crippen LogP contribution is 2.23. The molecule has 0 aliphatic rings. The molecule has 1 heterocycles. The van der Waals surface area contributed by atoms with Crippen LogP contribution in [-0.2, 0) is 0 Å². The van der Waals surface area contributed by atoms with Crippen molar-refractivity contribution in [1.29, 1.82) is 0 Å². The maximum absolute atomic E-state index is 12.5. The number of halogens is 4. The maximum atomic E-state index is 12.5. The van der Waals surface area contributed by atoms with Crippen LogP contribution in [0.15, 0.2) is 18.3 Å². The normalized spacial score (nSPS) is 11.6. The number of hydrogen-bond donors (Lipinski definition) is 1. The maximum Gasteiger partial charge on any atom is 0.340 e. The van der Waals surface area contributed by atoms with Gasteiger partial charge >= 0.3 is 12.3 Å². The lowest BCUT2D eigenvalue weighted by Gasteiger charge is -2.15. The van der Waals surface area contributed by atoms with Crippen LogP contribution in [0.1, 0.15) is 10.5 Å². The summed E-state index contributed by atoms with van der Waals surface area (Å²) in [6.07, 6.45) is -2.86. The number of nitrogens with zero attached hydrogens (tertiary/aromatic N) is 1. The van der Waals surface area contributed by atoms with Crippen molar-refractivity contribution in [3.05, 3.63) is 24.0 Å². The highest BCUT2D eigenvalue weighted by atomic mass is 19.3. The number of rotatable bonds is 5. The molecule has 1 rings (SSSR count). The molecule has 0 aromatic carbocycles. The SMILES string of the molecule is NC(=O)c1ccc(OCC(F)(F)C(F)F)cn1. The molecule has 0 saturated heterocycles. The first-order valence-corrected chi connectivity index (χ1v) is 4.37. The van der Waals surface area contributed by atoms with Crippen molar-refractivity contribution < 1.29 is 27.1 Å². The monoisotopic (exact) mass is 252 g/mol. The van der Waals surface area contributed by atoms with E-state index in [2.05, 4.69) is 9.72 Å². The highest BCUT2D eigenvalue weighted by Gasteiger charge is 2.41. The largest absolute Gasteiger partial charge is 0.485 e. The van der Waals surface area contributed by atoms with Gasteiger partial charge in [-0.25, -0.2) is 13.8 Å². The third kappa shape index (κ3) is 3.58. The Kier molecular flexibility index (Phi) is 3.87. The van der Waals surface area contributed by atoms with E-state index in [-0.39, 0.29) is 11.4 Å². The number of pyridine rings is 1. The minimum absolute atomic E-state index is 0.0852. The van der Waals surface area contributed by atoms with Gasteiger partial charge < -0.3 is 10.5 Å². The molecule has 1 aromatic heterocycles. The van der Waals surface area contributed by atoms with E-state index in [4.69, 9.17) is 5.73 Å². The number of ether oxygens (including phenoxy) is 1. The number of alkyl halides is 4. The molecule has 0 unspecified atom stereocenters. The number of amides is 1. The third-order valence-electron chi connectivity index (χ3n) is 1.74. The average Bonchev–Trinajstić information content (AvgIpc) is 2.27. The Morgan fingerprint density at radius 2 is 2.12 bits per heavy atom. The second kappa shape index (κ2) is 4.98. The topological polar surface area (TPSA) is 65.2 Å². The summed E-state index contributed by atoms with van der Waals surface area (Å²) in [7, 11) is 0. The Balaban J connectivity index is 2.62. The van der Waals surface area contributed by atoms with Gasteiger partial charge in [0.1, 0.15) is 11.4 Å². The van der Waals surface area contributed by atoms with Crippen LogP contribution in [-0.4, -0.2) is 29.8 Å². The van der Waals surface area contributed by atoms with E-state index in [1.54, 1.807) is 0 Å². The fourth-order valence-electron chi connectivity index (χ4n) is 0.854. The van der Waals surface area contributed by atoms with Crippen LogP contribution in [0.25, 0.3) is 0 Å². The second-order valence-corrected chi connectivity index (χ2v) is 3.09. The lowest BCUT2D eigenvalue weighted by Crippen LogP contribution is -2.33. The van der Waals surface area contributed by atoms with E-state index < -0.39 is 24.9 Å². The molecule has 0 spiro atoms. The van der Waals surface area contributed by atoms with Crippen LogP contribution < -0.4 is 10.5 Å². The number of carbonyl (C=O) groups is 1. The van der Waals surface area contributed by atoms with Crippen molar-refractivity contribution in [3.63, 3.8) is 0 Å². The zero-order valence-corrected chi connectivity index (χ0v) is 8.37. The molecule has 2 N–H and O–H groups in total. The van der Waals surface area contributed by atoms with Gasteiger partial charge in [-0.1, -0.05) is 0 Å². The van der Waals surface area contributed by atoms with E-state index in [0.717, 1.165) is 18.3 Å². The van der Waals surface area contributed by atoms with E-state index >= 15 is 0 Å². The molecule has 0 saturated carbocycles. The molecule has 0 radical (unpaired) electrons. The van der Waals surface area contributed by atoms with Gasteiger partial charge in [-0.05, 0) is 12.1 Å². The van der Waals surface area contributed by atoms with Crippen molar-refractivity contribution in [2.24, 2.45) is 5.73 Å². The molecule has 1 aromatic rings. The molecule has 17 heavy (non-hydrogen) atoms. The van der Waals surface area contributed by atoms with Crippen LogP contribution in [0.5, 0.6) is 5.75 Å². The summed E-state index contributed by atoms with van der Waals surface area (Å²) in [5.41, 5.74) is 4.80. The number of aromatic nitrogens is 1. The standard InChI is InChI=1S/C9H8F4N2O2/c10-8(11)9(12,13)4-17-5-1-2-6(7(14)16)15-3-5/h1-3,8H,4H2,(H2,14,16).